The van der Waals surface area contributed by atoms with E-state index < -0.39 is 17.3 Å². The van der Waals surface area contributed by atoms with E-state index in [9.17, 15) is 14.7 Å². The lowest BCUT2D eigenvalue weighted by atomic mass is 9.80. The van der Waals surface area contributed by atoms with Crippen molar-refractivity contribution in [2.75, 3.05) is 19.8 Å². The van der Waals surface area contributed by atoms with Crippen LogP contribution < -0.4 is 5.32 Å². The fraction of sp³-hybridized carbons (Fsp3) is 0.500. The molecule has 1 fully saturated rings. The highest BCUT2D eigenvalue weighted by Gasteiger charge is 2.40. The zero-order valence-electron chi connectivity index (χ0n) is 10.1. The van der Waals surface area contributed by atoms with Crippen LogP contribution in [0, 0.1) is 5.41 Å². The molecule has 0 atom stereocenters. The van der Waals surface area contributed by atoms with Crippen LogP contribution in [-0.4, -0.2) is 36.7 Å². The van der Waals surface area contributed by atoms with Gasteiger partial charge in [0.25, 0.3) is 5.91 Å². The van der Waals surface area contributed by atoms with Crippen LogP contribution >= 0.6 is 11.6 Å². The first kappa shape index (κ1) is 13.9. The fourth-order valence-corrected chi connectivity index (χ4v) is 2.15. The molecule has 1 amide bonds. The molecule has 2 N–H and O–H groups in total. The third-order valence-electron chi connectivity index (χ3n) is 3.29. The number of hydrogen-bond donors (Lipinski definition) is 2. The van der Waals surface area contributed by atoms with E-state index >= 15 is 0 Å². The summed E-state index contributed by atoms with van der Waals surface area (Å²) in [5, 5.41) is 12.0. The van der Waals surface area contributed by atoms with Crippen molar-refractivity contribution in [3.63, 3.8) is 0 Å². The Morgan fingerprint density at radius 1 is 1.37 bits per heavy atom. The highest BCUT2D eigenvalue weighted by Crippen LogP contribution is 2.30. The lowest BCUT2D eigenvalue weighted by Crippen LogP contribution is -2.46. The number of carbonyl (C=O) groups excluding carboxylic acids is 1. The normalized spacial score (nSPS) is 17.9. The van der Waals surface area contributed by atoms with Crippen LogP contribution in [0.15, 0.2) is 16.5 Å². The maximum absolute atomic E-state index is 11.8. The number of aliphatic carboxylic acids is 1. The summed E-state index contributed by atoms with van der Waals surface area (Å²) in [7, 11) is 0. The van der Waals surface area contributed by atoms with Gasteiger partial charge in [-0.3, -0.25) is 9.59 Å². The van der Waals surface area contributed by atoms with Gasteiger partial charge < -0.3 is 19.6 Å². The molecule has 0 aromatic carbocycles. The maximum atomic E-state index is 11.8. The summed E-state index contributed by atoms with van der Waals surface area (Å²) in [4.78, 5) is 23.2. The summed E-state index contributed by atoms with van der Waals surface area (Å²) in [6.45, 7) is 0.812. The van der Waals surface area contributed by atoms with Crippen LogP contribution in [0.1, 0.15) is 23.4 Å². The third kappa shape index (κ3) is 3.08. The van der Waals surface area contributed by atoms with Gasteiger partial charge in [0, 0.05) is 19.8 Å². The zero-order valence-corrected chi connectivity index (χ0v) is 10.9. The number of amides is 1. The summed E-state index contributed by atoms with van der Waals surface area (Å²) in [6, 6.07) is 2.90. The minimum absolute atomic E-state index is 0.0445. The average Bonchev–Trinajstić information content (AvgIpc) is 2.83. The number of carbonyl (C=O) groups is 2. The lowest BCUT2D eigenvalue weighted by molar-refractivity contribution is -0.154. The minimum Gasteiger partial charge on any atom is -0.481 e. The largest absolute Gasteiger partial charge is 0.481 e. The minimum atomic E-state index is -0.968. The van der Waals surface area contributed by atoms with Gasteiger partial charge in [-0.25, -0.2) is 0 Å². The monoisotopic (exact) mass is 287 g/mol. The van der Waals surface area contributed by atoms with Crippen LogP contribution in [-0.2, 0) is 9.53 Å². The standard InChI is InChI=1S/C12H14ClNO5/c13-9-2-1-8(19-9)10(15)14-7-12(11(16)17)3-5-18-6-4-12/h1-2H,3-7H2,(H,14,15)(H,16,17). The van der Waals surface area contributed by atoms with E-state index in [1.54, 1.807) is 0 Å². The number of furan rings is 1. The average molecular weight is 288 g/mol. The van der Waals surface area contributed by atoms with Crippen molar-refractivity contribution in [2.45, 2.75) is 12.8 Å². The zero-order chi connectivity index (χ0) is 13.9. The highest BCUT2D eigenvalue weighted by atomic mass is 35.5. The van der Waals surface area contributed by atoms with Crippen molar-refractivity contribution in [3.05, 3.63) is 23.1 Å². The molecule has 1 aromatic rings. The molecule has 0 bridgehead atoms. The smallest absolute Gasteiger partial charge is 0.311 e. The Kier molecular flexibility index (Phi) is 4.11. The van der Waals surface area contributed by atoms with Crippen molar-refractivity contribution in [3.8, 4) is 0 Å². The van der Waals surface area contributed by atoms with Gasteiger partial charge in [0.15, 0.2) is 11.0 Å². The van der Waals surface area contributed by atoms with Crippen LogP contribution in [0.2, 0.25) is 5.22 Å². The van der Waals surface area contributed by atoms with Crippen LogP contribution in [0.4, 0.5) is 0 Å². The second kappa shape index (κ2) is 5.63. The molecule has 2 heterocycles. The molecule has 104 valence electrons. The number of carboxylic acid groups (broad SMARTS) is 1. The van der Waals surface area contributed by atoms with E-state index in [0.29, 0.717) is 26.1 Å². The van der Waals surface area contributed by atoms with E-state index in [1.165, 1.54) is 12.1 Å². The molecule has 0 unspecified atom stereocenters. The lowest BCUT2D eigenvalue weighted by Gasteiger charge is -2.32. The molecule has 6 nitrogen and oxygen atoms in total. The molecule has 0 saturated carbocycles. The molecular formula is C12H14ClNO5. The van der Waals surface area contributed by atoms with Gasteiger partial charge in [-0.1, -0.05) is 0 Å². The molecule has 0 aliphatic carbocycles. The van der Waals surface area contributed by atoms with Gasteiger partial charge in [0.1, 0.15) is 0 Å². The molecular weight excluding hydrogens is 274 g/mol. The Morgan fingerprint density at radius 3 is 2.58 bits per heavy atom. The van der Waals surface area contributed by atoms with Gasteiger partial charge in [-0.2, -0.15) is 0 Å². The predicted molar refractivity (Wildman–Crippen MR) is 66.2 cm³/mol. The van der Waals surface area contributed by atoms with Crippen molar-refractivity contribution >= 4 is 23.5 Å². The number of ether oxygens (including phenoxy) is 1. The summed E-state index contributed by atoms with van der Waals surface area (Å²) in [5.41, 5.74) is -0.968. The van der Waals surface area contributed by atoms with E-state index in [-0.39, 0.29) is 17.5 Å². The molecule has 1 aliphatic heterocycles. The van der Waals surface area contributed by atoms with Crippen molar-refractivity contribution < 1.29 is 23.8 Å². The summed E-state index contributed by atoms with van der Waals surface area (Å²) in [6.07, 6.45) is 0.753. The van der Waals surface area contributed by atoms with Crippen LogP contribution in [0.3, 0.4) is 0 Å². The first-order valence-electron chi connectivity index (χ1n) is 5.88. The molecule has 0 radical (unpaired) electrons. The van der Waals surface area contributed by atoms with E-state index in [0.717, 1.165) is 0 Å². The number of halogens is 1. The van der Waals surface area contributed by atoms with E-state index in [4.69, 9.17) is 20.8 Å². The Morgan fingerprint density at radius 2 is 2.05 bits per heavy atom. The maximum Gasteiger partial charge on any atom is 0.311 e. The van der Waals surface area contributed by atoms with Gasteiger partial charge in [0.2, 0.25) is 0 Å². The van der Waals surface area contributed by atoms with Crippen molar-refractivity contribution in [2.24, 2.45) is 5.41 Å². The molecule has 2 rings (SSSR count). The fourth-order valence-electron chi connectivity index (χ4n) is 2.00. The SMILES string of the molecule is O=C(NCC1(C(=O)O)CCOCC1)c1ccc(Cl)o1. The van der Waals surface area contributed by atoms with Crippen LogP contribution in [0.25, 0.3) is 0 Å². The summed E-state index contributed by atoms with van der Waals surface area (Å²) in [5.74, 6) is -1.33. The molecule has 0 spiro atoms. The molecule has 1 saturated heterocycles. The summed E-state index contributed by atoms with van der Waals surface area (Å²) < 4.78 is 10.1. The van der Waals surface area contributed by atoms with Gasteiger partial charge in [-0.05, 0) is 36.6 Å². The van der Waals surface area contributed by atoms with E-state index in [2.05, 4.69) is 5.32 Å². The number of nitrogens with one attached hydrogen (secondary N) is 1. The Labute approximate surface area is 114 Å². The highest BCUT2D eigenvalue weighted by molar-refractivity contribution is 6.29. The Hall–Kier alpha value is -1.53. The Bertz CT molecular complexity index is 478. The van der Waals surface area contributed by atoms with Gasteiger partial charge in [-0.15, -0.1) is 0 Å². The molecule has 19 heavy (non-hydrogen) atoms. The van der Waals surface area contributed by atoms with Gasteiger partial charge >= 0.3 is 5.97 Å². The molecule has 1 aliphatic rings. The Balaban J connectivity index is 1.99. The molecule has 7 heteroatoms. The second-order valence-corrected chi connectivity index (χ2v) is 4.86. The number of hydrogen-bond acceptors (Lipinski definition) is 4. The topological polar surface area (TPSA) is 88.8 Å². The van der Waals surface area contributed by atoms with E-state index in [1.807, 2.05) is 0 Å². The first-order valence-corrected chi connectivity index (χ1v) is 6.26. The van der Waals surface area contributed by atoms with Crippen molar-refractivity contribution in [1.82, 2.24) is 5.32 Å². The second-order valence-electron chi connectivity index (χ2n) is 4.48. The first-order chi connectivity index (χ1) is 9.03. The number of rotatable bonds is 4. The predicted octanol–water partition coefficient (Wildman–Crippen LogP) is 1.54. The summed E-state index contributed by atoms with van der Waals surface area (Å²) >= 11 is 5.57. The van der Waals surface area contributed by atoms with Crippen molar-refractivity contribution in [1.29, 1.82) is 0 Å². The van der Waals surface area contributed by atoms with Gasteiger partial charge in [0.05, 0.1) is 5.41 Å². The van der Waals surface area contributed by atoms with Crippen LogP contribution in [0.5, 0.6) is 0 Å². The third-order valence-corrected chi connectivity index (χ3v) is 3.49. The molecule has 1 aromatic heterocycles. The quantitative estimate of drug-likeness (QED) is 0.877. The number of carboxylic acids is 1.